The van der Waals surface area contributed by atoms with E-state index in [0.29, 0.717) is 6.61 Å². The molecule has 0 saturated heterocycles. The van der Waals surface area contributed by atoms with Crippen molar-refractivity contribution < 1.29 is 9.47 Å². The Labute approximate surface area is 181 Å². The van der Waals surface area contributed by atoms with Crippen molar-refractivity contribution in [3.05, 3.63) is 67.0 Å². The zero-order valence-electron chi connectivity index (χ0n) is 15.4. The molecule has 2 rings (SSSR count). The fourth-order valence-corrected chi connectivity index (χ4v) is 3.53. The predicted molar refractivity (Wildman–Crippen MR) is 120 cm³/mol. The third-order valence-corrected chi connectivity index (χ3v) is 5.28. The van der Waals surface area contributed by atoms with Crippen LogP contribution in [-0.2, 0) is 0 Å². The molecule has 0 N–H and O–H groups in total. The van der Waals surface area contributed by atoms with E-state index in [4.69, 9.17) is 9.47 Å². The lowest BCUT2D eigenvalue weighted by molar-refractivity contribution is 0.242. The van der Waals surface area contributed by atoms with Crippen molar-refractivity contribution in [3.8, 4) is 11.5 Å². The van der Waals surface area contributed by atoms with Gasteiger partial charge < -0.3 is 9.47 Å². The maximum atomic E-state index is 5.79. The molecule has 0 radical (unpaired) electrons. The minimum absolute atomic E-state index is 0.182. The van der Waals surface area contributed by atoms with Gasteiger partial charge in [-0.05, 0) is 116 Å². The highest BCUT2D eigenvalue weighted by Gasteiger charge is 2.14. The molecule has 0 saturated carbocycles. The highest BCUT2D eigenvalue weighted by molar-refractivity contribution is 9.28. The van der Waals surface area contributed by atoms with E-state index in [0.717, 1.165) is 19.4 Å². The van der Waals surface area contributed by atoms with Gasteiger partial charge in [0.25, 0.3) is 0 Å². The van der Waals surface area contributed by atoms with Gasteiger partial charge in [-0.2, -0.15) is 0 Å². The molecule has 0 spiro atoms. The van der Waals surface area contributed by atoms with Crippen LogP contribution >= 0.6 is 47.8 Å². The van der Waals surface area contributed by atoms with Gasteiger partial charge in [0, 0.05) is 5.92 Å². The summed E-state index contributed by atoms with van der Waals surface area (Å²) < 4.78 is 13.4. The molecule has 5 heteroatoms. The quantitative estimate of drug-likeness (QED) is 0.354. The average molecular weight is 547 g/mol. The molecule has 2 aromatic rings. The van der Waals surface area contributed by atoms with E-state index in [-0.39, 0.29) is 12.0 Å². The van der Waals surface area contributed by atoms with Gasteiger partial charge >= 0.3 is 0 Å². The van der Waals surface area contributed by atoms with E-state index in [2.05, 4.69) is 92.0 Å². The lowest BCUT2D eigenvalue weighted by Crippen LogP contribution is -2.06. The molecule has 2 aromatic carbocycles. The van der Waals surface area contributed by atoms with Gasteiger partial charge in [-0.1, -0.05) is 19.1 Å². The van der Waals surface area contributed by atoms with E-state index in [1.54, 1.807) is 0 Å². The Hall–Kier alpha value is -0.780. The molecule has 0 bridgehead atoms. The fourth-order valence-electron chi connectivity index (χ4n) is 2.76. The zero-order chi connectivity index (χ0) is 19.3. The largest absolute Gasteiger partial charge is 0.491 e. The summed E-state index contributed by atoms with van der Waals surface area (Å²) in [7, 11) is 0. The molecule has 0 aromatic heterocycles. The first-order valence-corrected chi connectivity index (χ1v) is 10.9. The topological polar surface area (TPSA) is 18.5 Å². The molecule has 1 atom stereocenters. The van der Waals surface area contributed by atoms with Crippen molar-refractivity contribution in [1.29, 1.82) is 0 Å². The second-order valence-electron chi connectivity index (χ2n) is 6.40. The van der Waals surface area contributed by atoms with Gasteiger partial charge in [-0.3, -0.25) is 0 Å². The standard InChI is InChI=1S/C21H23Br3O2/c1-13(2)26-17-6-7-18(14(3)11-17)15(4)16-5-8-20(19(22)12-16)25-10-9-21(23)24/h5-9,11-13,15H,10H2,1-4H3. The van der Waals surface area contributed by atoms with Crippen LogP contribution in [0.3, 0.4) is 0 Å². The summed E-state index contributed by atoms with van der Waals surface area (Å²) in [5.41, 5.74) is 3.77. The van der Waals surface area contributed by atoms with Gasteiger partial charge in [-0.15, -0.1) is 0 Å². The van der Waals surface area contributed by atoms with Crippen molar-refractivity contribution in [2.75, 3.05) is 6.61 Å². The number of hydrogen-bond donors (Lipinski definition) is 0. The van der Waals surface area contributed by atoms with Crippen molar-refractivity contribution in [2.45, 2.75) is 39.7 Å². The maximum absolute atomic E-state index is 5.79. The molecular weight excluding hydrogens is 524 g/mol. The van der Waals surface area contributed by atoms with Crippen molar-refractivity contribution in [1.82, 2.24) is 0 Å². The summed E-state index contributed by atoms with van der Waals surface area (Å²) in [5.74, 6) is 2.03. The molecule has 0 amide bonds. The highest BCUT2D eigenvalue weighted by Crippen LogP contribution is 2.34. The lowest BCUT2D eigenvalue weighted by Gasteiger charge is -2.18. The smallest absolute Gasteiger partial charge is 0.133 e. The molecular formula is C21H23Br3O2. The number of benzene rings is 2. The van der Waals surface area contributed by atoms with Crippen LogP contribution < -0.4 is 9.47 Å². The molecule has 26 heavy (non-hydrogen) atoms. The van der Waals surface area contributed by atoms with Crippen molar-refractivity contribution in [2.24, 2.45) is 0 Å². The van der Waals surface area contributed by atoms with E-state index in [9.17, 15) is 0 Å². The Morgan fingerprint density at radius 1 is 1.08 bits per heavy atom. The Morgan fingerprint density at radius 2 is 1.81 bits per heavy atom. The first kappa shape index (κ1) is 21.5. The molecule has 0 fully saturated rings. The Morgan fingerprint density at radius 3 is 2.38 bits per heavy atom. The summed E-state index contributed by atoms with van der Waals surface area (Å²) >= 11 is 10.3. The second kappa shape index (κ2) is 9.95. The minimum Gasteiger partial charge on any atom is -0.491 e. The summed E-state index contributed by atoms with van der Waals surface area (Å²) in [6, 6.07) is 12.6. The minimum atomic E-state index is 0.182. The van der Waals surface area contributed by atoms with Gasteiger partial charge in [0.05, 0.1) is 14.0 Å². The first-order valence-electron chi connectivity index (χ1n) is 8.48. The van der Waals surface area contributed by atoms with Gasteiger partial charge in [0.1, 0.15) is 18.1 Å². The molecule has 2 nitrogen and oxygen atoms in total. The van der Waals surface area contributed by atoms with Crippen molar-refractivity contribution >= 4 is 47.8 Å². The Balaban J connectivity index is 2.17. The maximum Gasteiger partial charge on any atom is 0.133 e. The molecule has 140 valence electrons. The molecule has 0 heterocycles. The lowest BCUT2D eigenvalue weighted by atomic mass is 9.90. The van der Waals surface area contributed by atoms with Crippen LogP contribution in [0.15, 0.2) is 50.3 Å². The summed E-state index contributed by atoms with van der Waals surface area (Å²) in [5, 5.41) is 0. The van der Waals surface area contributed by atoms with Crippen LogP contribution in [-0.4, -0.2) is 12.7 Å². The third kappa shape index (κ3) is 6.14. The third-order valence-electron chi connectivity index (χ3n) is 4.01. The first-order chi connectivity index (χ1) is 12.3. The second-order valence-corrected chi connectivity index (χ2v) is 10.0. The molecule has 0 aliphatic carbocycles. The Kier molecular flexibility index (Phi) is 8.24. The van der Waals surface area contributed by atoms with Gasteiger partial charge in [0.2, 0.25) is 0 Å². The summed E-state index contributed by atoms with van der Waals surface area (Å²) in [6.07, 6.45) is 2.09. The number of aryl methyl sites for hydroxylation is 1. The average Bonchev–Trinajstić information content (AvgIpc) is 2.55. The van der Waals surface area contributed by atoms with Gasteiger partial charge in [-0.25, -0.2) is 0 Å². The van der Waals surface area contributed by atoms with Gasteiger partial charge in [0.15, 0.2) is 0 Å². The molecule has 0 aliphatic rings. The zero-order valence-corrected chi connectivity index (χ0v) is 20.1. The van der Waals surface area contributed by atoms with Crippen LogP contribution in [0.1, 0.15) is 43.4 Å². The summed E-state index contributed by atoms with van der Waals surface area (Å²) in [6.45, 7) is 8.93. The van der Waals surface area contributed by atoms with E-state index >= 15 is 0 Å². The monoisotopic (exact) mass is 544 g/mol. The Bertz CT molecular complexity index is 781. The number of rotatable bonds is 7. The molecule has 0 aliphatic heterocycles. The van der Waals surface area contributed by atoms with Crippen LogP contribution in [0.2, 0.25) is 0 Å². The van der Waals surface area contributed by atoms with E-state index in [1.807, 2.05) is 26.0 Å². The summed E-state index contributed by atoms with van der Waals surface area (Å²) in [4.78, 5) is 0. The number of hydrogen-bond acceptors (Lipinski definition) is 2. The van der Waals surface area contributed by atoms with Crippen LogP contribution in [0, 0.1) is 6.92 Å². The molecule has 1 unspecified atom stereocenters. The number of halogens is 3. The predicted octanol–water partition coefficient (Wildman–Crippen LogP) is 7.71. The fraction of sp³-hybridized carbons (Fsp3) is 0.333. The van der Waals surface area contributed by atoms with Crippen LogP contribution in [0.4, 0.5) is 0 Å². The van der Waals surface area contributed by atoms with Crippen molar-refractivity contribution in [3.63, 3.8) is 0 Å². The van der Waals surface area contributed by atoms with Crippen LogP contribution in [0.5, 0.6) is 11.5 Å². The normalized spacial score (nSPS) is 12.0. The SMILES string of the molecule is Cc1cc(OC(C)C)ccc1C(C)c1ccc(OCC=C(Br)Br)c(Br)c1. The van der Waals surface area contributed by atoms with Crippen LogP contribution in [0.25, 0.3) is 0 Å². The highest BCUT2D eigenvalue weighted by atomic mass is 79.9. The number of ether oxygens (including phenoxy) is 2. The van der Waals surface area contributed by atoms with E-state index < -0.39 is 0 Å². The van der Waals surface area contributed by atoms with E-state index in [1.165, 1.54) is 16.7 Å².